The van der Waals surface area contributed by atoms with Crippen LogP contribution in [0.1, 0.15) is 57.2 Å². The Labute approximate surface area is 214 Å². The van der Waals surface area contributed by atoms with Crippen molar-refractivity contribution < 1.29 is 22.4 Å². The van der Waals surface area contributed by atoms with Gasteiger partial charge in [-0.1, -0.05) is 18.2 Å². The lowest BCUT2D eigenvalue weighted by molar-refractivity contribution is -0.141. The second-order valence-electron chi connectivity index (χ2n) is 10.3. The Bertz CT molecular complexity index is 1150. The third-order valence-corrected chi connectivity index (χ3v) is 6.77. The van der Waals surface area contributed by atoms with Gasteiger partial charge < -0.3 is 10.2 Å². The standard InChI is InChI=1S/C27H38FN3O4S/c1-19-15-20(2)17-24(16-19)31(36(7,34)35)14-8-9-25(32)30(18-22-10-12-23(28)13-11-22)21(3)26(33)29-27(4,5)6/h10-13,15-17,21H,8-9,14,18H2,1-7H3,(H,29,33)/t21-/m0/s1. The van der Waals surface area contributed by atoms with Gasteiger partial charge in [-0.25, -0.2) is 12.8 Å². The van der Waals surface area contributed by atoms with Crippen LogP contribution in [0.25, 0.3) is 0 Å². The molecule has 0 bridgehead atoms. The fourth-order valence-corrected chi connectivity index (χ4v) is 4.89. The predicted octanol–water partition coefficient (Wildman–Crippen LogP) is 4.32. The first kappa shape index (κ1) is 29.3. The monoisotopic (exact) mass is 519 g/mol. The van der Waals surface area contributed by atoms with Gasteiger partial charge in [0.25, 0.3) is 0 Å². The largest absolute Gasteiger partial charge is 0.350 e. The Morgan fingerprint density at radius 1 is 1.03 bits per heavy atom. The number of sulfonamides is 1. The van der Waals surface area contributed by atoms with E-state index < -0.39 is 21.6 Å². The highest BCUT2D eigenvalue weighted by molar-refractivity contribution is 7.92. The molecule has 0 spiro atoms. The van der Waals surface area contributed by atoms with Gasteiger partial charge in [0.2, 0.25) is 21.8 Å². The van der Waals surface area contributed by atoms with Crippen molar-refractivity contribution in [3.8, 4) is 0 Å². The Morgan fingerprint density at radius 2 is 1.58 bits per heavy atom. The van der Waals surface area contributed by atoms with Gasteiger partial charge in [0.1, 0.15) is 11.9 Å². The zero-order valence-corrected chi connectivity index (χ0v) is 23.1. The number of anilines is 1. The minimum atomic E-state index is -3.56. The van der Waals surface area contributed by atoms with Crippen LogP contribution in [0.2, 0.25) is 0 Å². The van der Waals surface area contributed by atoms with Crippen molar-refractivity contribution in [1.82, 2.24) is 10.2 Å². The van der Waals surface area contributed by atoms with Crippen LogP contribution in [0.15, 0.2) is 42.5 Å². The van der Waals surface area contributed by atoms with Crippen LogP contribution in [0.3, 0.4) is 0 Å². The molecule has 1 atom stereocenters. The Hall–Kier alpha value is -2.94. The van der Waals surface area contributed by atoms with E-state index in [0.29, 0.717) is 11.3 Å². The first-order valence-corrected chi connectivity index (χ1v) is 13.8. The van der Waals surface area contributed by atoms with Crippen LogP contribution >= 0.6 is 0 Å². The lowest BCUT2D eigenvalue weighted by Gasteiger charge is -2.32. The second kappa shape index (κ2) is 11.9. The number of benzene rings is 2. The van der Waals surface area contributed by atoms with E-state index in [9.17, 15) is 22.4 Å². The zero-order valence-electron chi connectivity index (χ0n) is 22.3. The van der Waals surface area contributed by atoms with E-state index >= 15 is 0 Å². The lowest BCUT2D eigenvalue weighted by atomic mass is 10.1. The molecule has 0 saturated carbocycles. The molecule has 2 aromatic carbocycles. The van der Waals surface area contributed by atoms with Crippen LogP contribution in [0.4, 0.5) is 10.1 Å². The number of aryl methyl sites for hydroxylation is 2. The number of amides is 2. The third-order valence-electron chi connectivity index (χ3n) is 5.58. The maximum Gasteiger partial charge on any atom is 0.242 e. The summed E-state index contributed by atoms with van der Waals surface area (Å²) in [5, 5.41) is 2.90. The summed E-state index contributed by atoms with van der Waals surface area (Å²) in [6, 6.07) is 10.6. The highest BCUT2D eigenvalue weighted by atomic mass is 32.2. The van der Waals surface area contributed by atoms with Gasteiger partial charge >= 0.3 is 0 Å². The molecule has 2 rings (SSSR count). The third kappa shape index (κ3) is 8.93. The van der Waals surface area contributed by atoms with E-state index in [1.807, 2.05) is 40.7 Å². The average Bonchev–Trinajstić information content (AvgIpc) is 2.72. The van der Waals surface area contributed by atoms with E-state index in [1.54, 1.807) is 31.2 Å². The number of carbonyl (C=O) groups is 2. The van der Waals surface area contributed by atoms with Crippen LogP contribution in [-0.4, -0.2) is 49.5 Å². The Kier molecular flexibility index (Phi) is 9.65. The summed E-state index contributed by atoms with van der Waals surface area (Å²) in [5.74, 6) is -0.974. The predicted molar refractivity (Wildman–Crippen MR) is 142 cm³/mol. The molecule has 0 aliphatic rings. The first-order valence-electron chi connectivity index (χ1n) is 12.0. The average molecular weight is 520 g/mol. The molecule has 0 saturated heterocycles. The second-order valence-corrected chi connectivity index (χ2v) is 12.3. The molecule has 1 N–H and O–H groups in total. The zero-order chi connectivity index (χ0) is 27.3. The van der Waals surface area contributed by atoms with Crippen LogP contribution in [0.5, 0.6) is 0 Å². The highest BCUT2D eigenvalue weighted by Gasteiger charge is 2.28. The van der Waals surface area contributed by atoms with Crippen molar-refractivity contribution in [1.29, 1.82) is 0 Å². The minimum Gasteiger partial charge on any atom is -0.350 e. The van der Waals surface area contributed by atoms with Gasteiger partial charge in [-0.05, 0) is 88.9 Å². The fourth-order valence-electron chi connectivity index (χ4n) is 3.94. The number of hydrogen-bond acceptors (Lipinski definition) is 4. The smallest absolute Gasteiger partial charge is 0.242 e. The molecule has 0 aliphatic carbocycles. The van der Waals surface area contributed by atoms with Gasteiger partial charge in [-0.15, -0.1) is 0 Å². The molecular weight excluding hydrogens is 481 g/mol. The Morgan fingerprint density at radius 3 is 2.08 bits per heavy atom. The maximum atomic E-state index is 13.4. The summed E-state index contributed by atoms with van der Waals surface area (Å²) in [4.78, 5) is 27.6. The summed E-state index contributed by atoms with van der Waals surface area (Å²) in [6.07, 6.45) is 1.46. The van der Waals surface area contributed by atoms with Crippen molar-refractivity contribution in [3.63, 3.8) is 0 Å². The molecule has 36 heavy (non-hydrogen) atoms. The molecule has 0 fully saturated rings. The van der Waals surface area contributed by atoms with Crippen LogP contribution in [-0.2, 0) is 26.2 Å². The van der Waals surface area contributed by atoms with Crippen LogP contribution < -0.4 is 9.62 Å². The SMILES string of the molecule is Cc1cc(C)cc(N(CCCC(=O)N(Cc2ccc(F)cc2)[C@@H](C)C(=O)NC(C)(C)C)S(C)(=O)=O)c1. The van der Waals surface area contributed by atoms with Gasteiger partial charge in [-0.2, -0.15) is 0 Å². The number of carbonyl (C=O) groups excluding carboxylic acids is 2. The van der Waals surface area contributed by atoms with Crippen LogP contribution in [0, 0.1) is 19.7 Å². The summed E-state index contributed by atoms with van der Waals surface area (Å²) < 4.78 is 39.7. The normalized spacial score (nSPS) is 12.7. The Balaban J connectivity index is 2.21. The van der Waals surface area contributed by atoms with Gasteiger partial charge in [-0.3, -0.25) is 13.9 Å². The molecule has 0 aromatic heterocycles. The molecule has 7 nitrogen and oxygen atoms in total. The van der Waals surface area contributed by atoms with Gasteiger partial charge in [0.05, 0.1) is 11.9 Å². The quantitative estimate of drug-likeness (QED) is 0.507. The topological polar surface area (TPSA) is 86.8 Å². The summed E-state index contributed by atoms with van der Waals surface area (Å²) in [7, 11) is -3.56. The summed E-state index contributed by atoms with van der Waals surface area (Å²) in [6.45, 7) is 11.3. The van der Waals surface area contributed by atoms with E-state index in [-0.39, 0.29) is 43.6 Å². The van der Waals surface area contributed by atoms with E-state index in [0.717, 1.165) is 17.4 Å². The van der Waals surface area contributed by atoms with Crippen molar-refractivity contribution >= 4 is 27.5 Å². The molecule has 0 heterocycles. The highest BCUT2D eigenvalue weighted by Crippen LogP contribution is 2.22. The summed E-state index contributed by atoms with van der Waals surface area (Å²) >= 11 is 0. The number of nitrogens with one attached hydrogen (secondary N) is 1. The maximum absolute atomic E-state index is 13.4. The van der Waals surface area contributed by atoms with Gasteiger partial charge in [0, 0.05) is 25.0 Å². The van der Waals surface area contributed by atoms with E-state index in [2.05, 4.69) is 5.32 Å². The number of halogens is 1. The van der Waals surface area contributed by atoms with Crippen molar-refractivity contribution in [2.24, 2.45) is 0 Å². The molecule has 9 heteroatoms. The molecule has 0 radical (unpaired) electrons. The molecule has 0 aliphatic heterocycles. The summed E-state index contributed by atoms with van der Waals surface area (Å²) in [5.41, 5.74) is 2.66. The number of rotatable bonds is 10. The lowest BCUT2D eigenvalue weighted by Crippen LogP contribution is -2.52. The fraction of sp³-hybridized carbons (Fsp3) is 0.481. The van der Waals surface area contributed by atoms with Crippen molar-refractivity contribution in [2.75, 3.05) is 17.1 Å². The van der Waals surface area contributed by atoms with Gasteiger partial charge in [0.15, 0.2) is 0 Å². The molecular formula is C27H38FN3O4S. The number of hydrogen-bond donors (Lipinski definition) is 1. The van der Waals surface area contributed by atoms with Crippen molar-refractivity contribution in [2.45, 2.75) is 72.5 Å². The molecule has 0 unspecified atom stereocenters. The first-order chi connectivity index (χ1) is 16.6. The number of nitrogens with zero attached hydrogens (tertiary/aromatic N) is 2. The molecule has 2 amide bonds. The van der Waals surface area contributed by atoms with E-state index in [4.69, 9.17) is 0 Å². The molecule has 2 aromatic rings. The molecule has 198 valence electrons. The minimum absolute atomic E-state index is 0.0468. The van der Waals surface area contributed by atoms with Crippen molar-refractivity contribution in [3.05, 3.63) is 65.0 Å². The van der Waals surface area contributed by atoms with E-state index in [1.165, 1.54) is 21.3 Å².